The molecule has 0 unspecified atom stereocenters. The first kappa shape index (κ1) is 24.0. The summed E-state index contributed by atoms with van der Waals surface area (Å²) in [6, 6.07) is 29.4. The highest BCUT2D eigenvalue weighted by Crippen LogP contribution is 2.38. The normalized spacial score (nSPS) is 15.5. The van der Waals surface area contributed by atoms with Crippen LogP contribution < -0.4 is 10.1 Å². The second kappa shape index (κ2) is 11.4. The molecule has 1 aliphatic carbocycles. The number of pyridine rings is 1. The molecule has 0 spiro atoms. The number of amides is 1. The Morgan fingerprint density at radius 1 is 0.889 bits per heavy atom. The first-order valence-electron chi connectivity index (χ1n) is 12.8. The van der Waals surface area contributed by atoms with Gasteiger partial charge in [-0.1, -0.05) is 79.6 Å². The molecule has 1 heterocycles. The van der Waals surface area contributed by atoms with Crippen molar-refractivity contribution < 1.29 is 14.6 Å². The third-order valence-corrected chi connectivity index (χ3v) is 7.09. The Labute approximate surface area is 212 Å². The monoisotopic (exact) mass is 480 g/mol. The number of hydrogen-bond donors (Lipinski definition) is 2. The predicted octanol–water partition coefficient (Wildman–Crippen LogP) is 5.94. The van der Waals surface area contributed by atoms with E-state index in [2.05, 4.69) is 16.4 Å². The van der Waals surface area contributed by atoms with Crippen LogP contribution in [0.25, 0.3) is 10.9 Å². The summed E-state index contributed by atoms with van der Waals surface area (Å²) in [5.74, 6) is 0.809. The lowest BCUT2D eigenvalue weighted by Gasteiger charge is -2.24. The highest BCUT2D eigenvalue weighted by Gasteiger charge is 2.32. The molecule has 5 nitrogen and oxygen atoms in total. The van der Waals surface area contributed by atoms with Gasteiger partial charge in [-0.25, -0.2) is 4.98 Å². The molecular formula is C31H32N2O3. The Hall–Kier alpha value is -3.70. The summed E-state index contributed by atoms with van der Waals surface area (Å²) in [6.07, 6.45) is 3.68. The third-order valence-electron chi connectivity index (χ3n) is 7.09. The van der Waals surface area contributed by atoms with Gasteiger partial charge in [0.2, 0.25) is 5.91 Å². The maximum absolute atomic E-state index is 13.3. The maximum Gasteiger partial charge on any atom is 0.227 e. The number of carbonyl (C=O) groups excluding carboxylic acids is 1. The summed E-state index contributed by atoms with van der Waals surface area (Å²) in [5, 5.41) is 14.6. The molecule has 0 saturated heterocycles. The van der Waals surface area contributed by atoms with E-state index < -0.39 is 6.10 Å². The fourth-order valence-corrected chi connectivity index (χ4v) is 5.15. The minimum atomic E-state index is -0.723. The van der Waals surface area contributed by atoms with Crippen LogP contribution in [0.5, 0.6) is 5.75 Å². The number of fused-ring (bicyclic) bond motifs is 1. The van der Waals surface area contributed by atoms with Crippen molar-refractivity contribution in [3.05, 3.63) is 108 Å². The van der Waals surface area contributed by atoms with E-state index in [-0.39, 0.29) is 18.4 Å². The fraction of sp³-hybridized carbons (Fsp3) is 0.290. The number of benzene rings is 3. The zero-order valence-electron chi connectivity index (χ0n) is 20.3. The Bertz CT molecular complexity index is 1280. The fourth-order valence-electron chi connectivity index (χ4n) is 5.15. The third kappa shape index (κ3) is 5.74. The van der Waals surface area contributed by atoms with Crippen LogP contribution in [0.1, 0.15) is 54.5 Å². The SMILES string of the molecule is O=C(NC[C@@H](O)c1ccccc1)[C@H](c1ccc(OCc2ccc3ccccc3n2)cc1)C1CCCC1. The molecule has 1 saturated carbocycles. The van der Waals surface area contributed by atoms with Crippen LogP contribution in [0.15, 0.2) is 91.0 Å². The first-order chi connectivity index (χ1) is 17.7. The minimum Gasteiger partial charge on any atom is -0.487 e. The number of rotatable bonds is 9. The molecule has 1 aliphatic rings. The van der Waals surface area contributed by atoms with Crippen LogP contribution in [0.2, 0.25) is 0 Å². The Kier molecular flexibility index (Phi) is 7.58. The number of nitrogens with one attached hydrogen (secondary N) is 1. The van der Waals surface area contributed by atoms with Crippen molar-refractivity contribution in [1.82, 2.24) is 10.3 Å². The molecule has 1 fully saturated rings. The van der Waals surface area contributed by atoms with Crippen molar-refractivity contribution in [3.63, 3.8) is 0 Å². The van der Waals surface area contributed by atoms with Crippen LogP contribution in [0.3, 0.4) is 0 Å². The second-order valence-electron chi connectivity index (χ2n) is 9.55. The van der Waals surface area contributed by atoms with Gasteiger partial charge in [0, 0.05) is 11.9 Å². The number of aliphatic hydroxyl groups excluding tert-OH is 1. The number of para-hydroxylation sites is 1. The van der Waals surface area contributed by atoms with Crippen molar-refractivity contribution in [2.45, 2.75) is 44.3 Å². The predicted molar refractivity (Wildman–Crippen MR) is 142 cm³/mol. The summed E-state index contributed by atoms with van der Waals surface area (Å²) in [7, 11) is 0. The summed E-state index contributed by atoms with van der Waals surface area (Å²) in [6.45, 7) is 0.583. The van der Waals surface area contributed by atoms with Crippen LogP contribution in [0.4, 0.5) is 0 Å². The first-order valence-corrected chi connectivity index (χ1v) is 12.8. The molecule has 1 amide bonds. The number of hydrogen-bond acceptors (Lipinski definition) is 4. The lowest BCUT2D eigenvalue weighted by atomic mass is 9.84. The second-order valence-corrected chi connectivity index (χ2v) is 9.55. The summed E-state index contributed by atoms with van der Waals surface area (Å²) >= 11 is 0. The van der Waals surface area contributed by atoms with E-state index in [1.165, 1.54) is 0 Å². The zero-order valence-corrected chi connectivity index (χ0v) is 20.3. The van der Waals surface area contributed by atoms with E-state index in [1.807, 2.05) is 84.9 Å². The van der Waals surface area contributed by atoms with Crippen LogP contribution in [0, 0.1) is 5.92 Å². The number of nitrogens with zero attached hydrogens (tertiary/aromatic N) is 1. The maximum atomic E-state index is 13.3. The van der Waals surface area contributed by atoms with E-state index in [0.29, 0.717) is 12.5 Å². The summed E-state index contributed by atoms with van der Waals surface area (Å²) in [5.41, 5.74) is 3.62. The molecule has 2 N–H and O–H groups in total. The van der Waals surface area contributed by atoms with Gasteiger partial charge < -0.3 is 15.2 Å². The van der Waals surface area contributed by atoms with Crippen molar-refractivity contribution in [1.29, 1.82) is 0 Å². The van der Waals surface area contributed by atoms with Gasteiger partial charge in [-0.15, -0.1) is 0 Å². The topological polar surface area (TPSA) is 71.5 Å². The van der Waals surface area contributed by atoms with Crippen LogP contribution >= 0.6 is 0 Å². The van der Waals surface area contributed by atoms with Crippen molar-refractivity contribution in [2.75, 3.05) is 6.54 Å². The molecule has 0 bridgehead atoms. The van der Waals surface area contributed by atoms with Gasteiger partial charge in [-0.05, 0) is 54.2 Å². The van der Waals surface area contributed by atoms with Crippen molar-refractivity contribution in [2.24, 2.45) is 5.92 Å². The average Bonchev–Trinajstić information content (AvgIpc) is 3.46. The molecule has 5 rings (SSSR count). The number of carbonyl (C=O) groups is 1. The smallest absolute Gasteiger partial charge is 0.227 e. The van der Waals surface area contributed by atoms with E-state index in [9.17, 15) is 9.90 Å². The molecule has 0 radical (unpaired) electrons. The Morgan fingerprint density at radius 2 is 1.61 bits per heavy atom. The lowest BCUT2D eigenvalue weighted by Crippen LogP contribution is -2.35. The summed E-state index contributed by atoms with van der Waals surface area (Å²) < 4.78 is 5.99. The molecule has 5 heteroatoms. The van der Waals surface area contributed by atoms with Gasteiger partial charge in [0.25, 0.3) is 0 Å². The average molecular weight is 481 g/mol. The lowest BCUT2D eigenvalue weighted by molar-refractivity contribution is -0.124. The Balaban J connectivity index is 1.24. The van der Waals surface area contributed by atoms with E-state index >= 15 is 0 Å². The number of ether oxygens (including phenoxy) is 1. The number of aliphatic hydroxyl groups is 1. The molecule has 1 aromatic heterocycles. The molecule has 4 aromatic rings. The molecule has 0 aliphatic heterocycles. The van der Waals surface area contributed by atoms with Gasteiger partial charge in [0.1, 0.15) is 12.4 Å². The minimum absolute atomic E-state index is 0.0223. The van der Waals surface area contributed by atoms with Gasteiger partial charge >= 0.3 is 0 Å². The highest BCUT2D eigenvalue weighted by molar-refractivity contribution is 5.84. The summed E-state index contributed by atoms with van der Waals surface area (Å²) in [4.78, 5) is 18.0. The van der Waals surface area contributed by atoms with E-state index in [1.54, 1.807) is 0 Å². The van der Waals surface area contributed by atoms with Gasteiger partial charge in [0.05, 0.1) is 23.2 Å². The number of aromatic nitrogens is 1. The van der Waals surface area contributed by atoms with E-state index in [0.717, 1.165) is 59.2 Å². The molecule has 36 heavy (non-hydrogen) atoms. The quantitative estimate of drug-likeness (QED) is 0.311. The molecule has 3 aromatic carbocycles. The van der Waals surface area contributed by atoms with Gasteiger partial charge in [0.15, 0.2) is 0 Å². The molecule has 184 valence electrons. The Morgan fingerprint density at radius 3 is 2.39 bits per heavy atom. The highest BCUT2D eigenvalue weighted by atomic mass is 16.5. The molecular weight excluding hydrogens is 448 g/mol. The van der Waals surface area contributed by atoms with Crippen LogP contribution in [-0.4, -0.2) is 22.5 Å². The van der Waals surface area contributed by atoms with Crippen molar-refractivity contribution >= 4 is 16.8 Å². The van der Waals surface area contributed by atoms with Crippen molar-refractivity contribution in [3.8, 4) is 5.75 Å². The van der Waals surface area contributed by atoms with Gasteiger partial charge in [-0.2, -0.15) is 0 Å². The van der Waals surface area contributed by atoms with E-state index in [4.69, 9.17) is 4.74 Å². The molecule has 2 atom stereocenters. The largest absolute Gasteiger partial charge is 0.487 e. The zero-order chi connectivity index (χ0) is 24.7. The standard InChI is InChI=1S/C31H32N2O3/c34-29(23-9-2-1-3-10-23)20-32-31(35)30(24-11-4-5-12-24)25-15-18-27(19-16-25)36-21-26-17-14-22-8-6-7-13-28(22)33-26/h1-3,6-10,13-19,24,29-30,34H,4-5,11-12,20-21H2,(H,32,35)/t29-,30+/m1/s1. The van der Waals surface area contributed by atoms with Gasteiger partial charge in [-0.3, -0.25) is 4.79 Å². The van der Waals surface area contributed by atoms with Crippen LogP contribution in [-0.2, 0) is 11.4 Å².